The van der Waals surface area contributed by atoms with Crippen LogP contribution in [0.3, 0.4) is 0 Å². The molecule has 0 N–H and O–H groups in total. The Bertz CT molecular complexity index is 685. The van der Waals surface area contributed by atoms with Crippen LogP contribution in [0, 0.1) is 0 Å². The number of rotatable bonds is 3. The van der Waals surface area contributed by atoms with E-state index < -0.39 is 8.03 Å². The molecular weight excluding hydrogens is 268 g/mol. The first-order valence-corrected chi connectivity index (χ1v) is 7.21. The van der Waals surface area contributed by atoms with Crippen molar-refractivity contribution in [3.05, 3.63) is 48.5 Å². The number of hydrogen-bond acceptors (Lipinski definition) is 2. The zero-order chi connectivity index (χ0) is 12.5. The average molecular weight is 280 g/mol. The smallest absolute Gasteiger partial charge is 0.596 e. The predicted octanol–water partition coefficient (Wildman–Crippen LogP) is -0.0988. The van der Waals surface area contributed by atoms with Crippen LogP contribution in [-0.4, -0.2) is 10.7 Å². The third-order valence-corrected chi connectivity index (χ3v) is 3.75. The number of hydrogen-bond donors (Lipinski definition) is 0. The summed E-state index contributed by atoms with van der Waals surface area (Å²) in [5, 5.41) is 2.35. The van der Waals surface area contributed by atoms with Crippen LogP contribution in [0.25, 0.3) is 21.8 Å². The molecule has 3 nitrogen and oxygen atoms in total. The fraction of sp³-hybridized carbons (Fsp3) is 0.143. The molecule has 1 heterocycles. The van der Waals surface area contributed by atoms with E-state index in [1.54, 1.807) is 0 Å². The molecule has 1 unspecified atom stereocenters. The summed E-state index contributed by atoms with van der Waals surface area (Å²) in [4.78, 5) is 10.8. The van der Waals surface area contributed by atoms with Gasteiger partial charge in [0.1, 0.15) is 0 Å². The van der Waals surface area contributed by atoms with Gasteiger partial charge in [0, 0.05) is 21.8 Å². The molecule has 0 aliphatic rings. The number of para-hydroxylation sites is 2. The molecule has 0 saturated carbocycles. The topological polar surface area (TPSA) is 45.1 Å². The number of nitrogens with zero attached hydrogens (tertiary/aromatic N) is 1. The fourth-order valence-electron chi connectivity index (χ4n) is 2.43. The van der Waals surface area contributed by atoms with E-state index in [4.69, 9.17) is 0 Å². The maximum atomic E-state index is 10.8. The first-order chi connectivity index (χ1) is 8.77. The number of aromatic nitrogens is 1. The Labute approximate surface area is 134 Å². The van der Waals surface area contributed by atoms with E-state index in [0.717, 1.165) is 11.0 Å². The molecule has 0 fully saturated rings. The zero-order valence-electron chi connectivity index (χ0n) is 10.7. The second kappa shape index (κ2) is 6.17. The van der Waals surface area contributed by atoms with Crippen molar-refractivity contribution in [1.29, 1.82) is 0 Å². The van der Waals surface area contributed by atoms with Gasteiger partial charge in [-0.25, -0.2) is 0 Å². The van der Waals surface area contributed by atoms with Gasteiger partial charge >= 0.3 is 37.6 Å². The summed E-state index contributed by atoms with van der Waals surface area (Å²) < 4.78 is 12.9. The number of aryl methyl sites for hydroxylation is 1. The van der Waals surface area contributed by atoms with Crippen LogP contribution in [0.5, 0.6) is 0 Å². The summed E-state index contributed by atoms with van der Waals surface area (Å²) in [6, 6.07) is 16.2. The number of fused-ring (bicyclic) bond motifs is 3. The van der Waals surface area contributed by atoms with E-state index >= 15 is 0 Å². The minimum absolute atomic E-state index is 0. The summed E-state index contributed by atoms with van der Waals surface area (Å²) in [5.41, 5.74) is 2.19. The van der Waals surface area contributed by atoms with Gasteiger partial charge < -0.3 is 9.46 Å². The molecule has 2 aromatic carbocycles. The molecule has 3 aromatic rings. The fourth-order valence-corrected chi connectivity index (χ4v) is 2.79. The molecule has 0 spiro atoms. The van der Waals surface area contributed by atoms with E-state index in [0.29, 0.717) is 6.54 Å². The predicted molar refractivity (Wildman–Crippen MR) is 71.9 cm³/mol. The van der Waals surface area contributed by atoms with Crippen molar-refractivity contribution >= 4 is 29.8 Å². The first kappa shape index (κ1) is 14.7. The number of benzene rings is 2. The van der Waals surface area contributed by atoms with Gasteiger partial charge in [0.15, 0.2) is 6.16 Å². The van der Waals surface area contributed by atoms with Crippen LogP contribution in [0.4, 0.5) is 0 Å². The third-order valence-electron chi connectivity index (χ3n) is 3.19. The molecular formula is C14H12NNaO2P+. The standard InChI is InChI=1S/C14H12NO2P.Na/c16-18(17)10-9-15-13-7-3-1-5-11(13)12-6-2-4-8-14(12)15;/h1-8H,9-10H2;/q;+1. The molecule has 0 bridgehead atoms. The molecule has 0 saturated heterocycles. The van der Waals surface area contributed by atoms with Crippen LogP contribution in [0.15, 0.2) is 48.5 Å². The van der Waals surface area contributed by atoms with Gasteiger partial charge in [-0.3, -0.25) is 0 Å². The Hall–Kier alpha value is -0.700. The van der Waals surface area contributed by atoms with E-state index in [-0.39, 0.29) is 35.7 Å². The van der Waals surface area contributed by atoms with E-state index in [9.17, 15) is 9.46 Å². The molecule has 5 heteroatoms. The molecule has 0 aliphatic heterocycles. The van der Waals surface area contributed by atoms with Gasteiger partial charge in [-0.2, -0.15) is 0 Å². The van der Waals surface area contributed by atoms with Crippen LogP contribution in [0.2, 0.25) is 0 Å². The molecule has 1 aromatic heterocycles. The van der Waals surface area contributed by atoms with Gasteiger partial charge in [0.05, 0.1) is 6.54 Å². The summed E-state index contributed by atoms with van der Waals surface area (Å²) in [7, 11) is -2.34. The molecule has 1 atom stereocenters. The normalized spacial score (nSPS) is 11.5. The van der Waals surface area contributed by atoms with Crippen LogP contribution < -0.4 is 34.5 Å². The van der Waals surface area contributed by atoms with Crippen molar-refractivity contribution in [2.75, 3.05) is 6.16 Å². The van der Waals surface area contributed by atoms with Crippen molar-refractivity contribution in [3.63, 3.8) is 0 Å². The minimum Gasteiger partial charge on any atom is -0.596 e. The summed E-state index contributed by atoms with van der Waals surface area (Å²) in [6.07, 6.45) is 0.179. The molecule has 19 heavy (non-hydrogen) atoms. The molecule has 3 rings (SSSR count). The maximum Gasteiger partial charge on any atom is 1.00 e. The Kier molecular flexibility index (Phi) is 4.77. The second-order valence-corrected chi connectivity index (χ2v) is 5.35. The van der Waals surface area contributed by atoms with Gasteiger partial charge in [0.25, 0.3) is 0 Å². The second-order valence-electron chi connectivity index (χ2n) is 4.24. The summed E-state index contributed by atoms with van der Waals surface area (Å²) in [6.45, 7) is 0.507. The molecule has 0 aliphatic carbocycles. The molecule has 0 amide bonds. The summed E-state index contributed by atoms with van der Waals surface area (Å²) in [5.74, 6) is 0. The third kappa shape index (κ3) is 2.76. The maximum absolute atomic E-state index is 10.8. The van der Waals surface area contributed by atoms with Crippen molar-refractivity contribution < 1.29 is 39.0 Å². The zero-order valence-corrected chi connectivity index (χ0v) is 13.6. The van der Waals surface area contributed by atoms with E-state index in [2.05, 4.69) is 16.7 Å². The van der Waals surface area contributed by atoms with Crippen molar-refractivity contribution in [2.45, 2.75) is 6.54 Å². The van der Waals surface area contributed by atoms with Gasteiger partial charge in [-0.05, 0) is 12.1 Å². The van der Waals surface area contributed by atoms with Crippen LogP contribution in [-0.2, 0) is 11.1 Å². The van der Waals surface area contributed by atoms with Crippen molar-refractivity contribution in [3.8, 4) is 0 Å². The van der Waals surface area contributed by atoms with Crippen molar-refractivity contribution in [1.82, 2.24) is 4.57 Å². The average Bonchev–Trinajstić information content (AvgIpc) is 2.71. The Balaban J connectivity index is 0.00000133. The SMILES string of the molecule is O=[P+]([O-])CCn1c2ccccc2c2ccccc21.[Na+]. The Morgan fingerprint density at radius 2 is 1.42 bits per heavy atom. The van der Waals surface area contributed by atoms with Gasteiger partial charge in [-0.1, -0.05) is 41.0 Å². The van der Waals surface area contributed by atoms with Gasteiger partial charge in [-0.15, -0.1) is 0 Å². The van der Waals surface area contributed by atoms with E-state index in [1.165, 1.54) is 10.8 Å². The first-order valence-electron chi connectivity index (χ1n) is 5.85. The van der Waals surface area contributed by atoms with Gasteiger partial charge in [0.2, 0.25) is 0 Å². The molecule has 90 valence electrons. The minimum atomic E-state index is -2.34. The van der Waals surface area contributed by atoms with Crippen molar-refractivity contribution in [2.24, 2.45) is 0 Å². The van der Waals surface area contributed by atoms with Crippen LogP contribution >= 0.6 is 8.03 Å². The Morgan fingerprint density at radius 1 is 0.947 bits per heavy atom. The molecule has 0 radical (unpaired) electrons. The van der Waals surface area contributed by atoms with E-state index in [1.807, 2.05) is 36.4 Å². The Morgan fingerprint density at radius 3 is 1.89 bits per heavy atom. The quantitative estimate of drug-likeness (QED) is 0.497. The summed E-state index contributed by atoms with van der Waals surface area (Å²) >= 11 is 0. The largest absolute Gasteiger partial charge is 1.00 e. The monoisotopic (exact) mass is 280 g/mol. The van der Waals surface area contributed by atoms with Crippen LogP contribution in [0.1, 0.15) is 0 Å².